The minimum Gasteiger partial charge on any atom is -0.396 e. The van der Waals surface area contributed by atoms with E-state index in [1.807, 2.05) is 0 Å². The molecule has 0 amide bonds. The Labute approximate surface area is 75.2 Å². The standard InChI is InChI=1S/C10H19NO/c1-2-3-4-5-6-10(9-12)7-8-11/h10,12H,2-7,9H2,1H3. The van der Waals surface area contributed by atoms with Crippen molar-refractivity contribution < 1.29 is 5.11 Å². The Morgan fingerprint density at radius 1 is 1.33 bits per heavy atom. The van der Waals surface area contributed by atoms with Crippen LogP contribution in [-0.2, 0) is 0 Å². The Kier molecular flexibility index (Phi) is 8.15. The molecular formula is C10H19NO. The van der Waals surface area contributed by atoms with Crippen LogP contribution in [0.4, 0.5) is 0 Å². The molecule has 2 heteroatoms. The van der Waals surface area contributed by atoms with Crippen molar-refractivity contribution in [2.24, 2.45) is 5.92 Å². The molecule has 1 atom stereocenters. The van der Waals surface area contributed by atoms with Gasteiger partial charge in [0, 0.05) is 13.0 Å². The summed E-state index contributed by atoms with van der Waals surface area (Å²) in [5, 5.41) is 17.3. The zero-order chi connectivity index (χ0) is 9.23. The lowest BCUT2D eigenvalue weighted by Crippen LogP contribution is -2.04. The number of nitriles is 1. The highest BCUT2D eigenvalue weighted by Gasteiger charge is 2.05. The first-order chi connectivity index (χ1) is 5.85. The summed E-state index contributed by atoms with van der Waals surface area (Å²) in [7, 11) is 0. The molecule has 0 spiro atoms. The van der Waals surface area contributed by atoms with E-state index in [0.717, 1.165) is 12.8 Å². The van der Waals surface area contributed by atoms with E-state index in [0.29, 0.717) is 6.42 Å². The highest BCUT2D eigenvalue weighted by atomic mass is 16.3. The van der Waals surface area contributed by atoms with Gasteiger partial charge in [-0.3, -0.25) is 0 Å². The molecular weight excluding hydrogens is 150 g/mol. The maximum Gasteiger partial charge on any atom is 0.0625 e. The Hall–Kier alpha value is -0.550. The largest absolute Gasteiger partial charge is 0.396 e. The zero-order valence-corrected chi connectivity index (χ0v) is 7.92. The summed E-state index contributed by atoms with van der Waals surface area (Å²) in [5.74, 6) is 0.215. The maximum atomic E-state index is 8.86. The maximum absolute atomic E-state index is 8.86. The number of hydrogen-bond acceptors (Lipinski definition) is 2. The van der Waals surface area contributed by atoms with Crippen molar-refractivity contribution in [1.29, 1.82) is 5.26 Å². The van der Waals surface area contributed by atoms with Crippen LogP contribution in [0.3, 0.4) is 0 Å². The van der Waals surface area contributed by atoms with Gasteiger partial charge < -0.3 is 5.11 Å². The van der Waals surface area contributed by atoms with Crippen molar-refractivity contribution in [3.63, 3.8) is 0 Å². The van der Waals surface area contributed by atoms with Crippen LogP contribution in [0.1, 0.15) is 45.4 Å². The summed E-state index contributed by atoms with van der Waals surface area (Å²) in [4.78, 5) is 0. The van der Waals surface area contributed by atoms with Gasteiger partial charge in [0.25, 0.3) is 0 Å². The first-order valence-electron chi connectivity index (χ1n) is 4.83. The predicted molar refractivity (Wildman–Crippen MR) is 49.6 cm³/mol. The predicted octanol–water partition coefficient (Wildman–Crippen LogP) is 2.48. The van der Waals surface area contributed by atoms with Gasteiger partial charge in [0.1, 0.15) is 0 Å². The van der Waals surface area contributed by atoms with Crippen LogP contribution in [0.5, 0.6) is 0 Å². The minimum absolute atomic E-state index is 0.166. The van der Waals surface area contributed by atoms with Crippen molar-refractivity contribution >= 4 is 0 Å². The third kappa shape index (κ3) is 6.18. The smallest absolute Gasteiger partial charge is 0.0625 e. The quantitative estimate of drug-likeness (QED) is 0.595. The summed E-state index contributed by atoms with van der Waals surface area (Å²) in [6.07, 6.45) is 6.40. The summed E-state index contributed by atoms with van der Waals surface area (Å²) in [5.41, 5.74) is 0. The summed E-state index contributed by atoms with van der Waals surface area (Å²) in [6, 6.07) is 2.10. The number of aliphatic hydroxyl groups excluding tert-OH is 1. The van der Waals surface area contributed by atoms with Crippen LogP contribution < -0.4 is 0 Å². The second-order valence-electron chi connectivity index (χ2n) is 3.26. The molecule has 0 aliphatic carbocycles. The summed E-state index contributed by atoms with van der Waals surface area (Å²) in [6.45, 7) is 2.35. The van der Waals surface area contributed by atoms with Gasteiger partial charge in [-0.1, -0.05) is 32.6 Å². The topological polar surface area (TPSA) is 44.0 Å². The number of rotatable bonds is 7. The number of hydrogen-bond donors (Lipinski definition) is 1. The van der Waals surface area contributed by atoms with Crippen molar-refractivity contribution in [2.45, 2.75) is 45.4 Å². The first-order valence-corrected chi connectivity index (χ1v) is 4.83. The Morgan fingerprint density at radius 2 is 2.08 bits per heavy atom. The highest BCUT2D eigenvalue weighted by Crippen LogP contribution is 2.12. The molecule has 0 saturated heterocycles. The van der Waals surface area contributed by atoms with Gasteiger partial charge in [0.15, 0.2) is 0 Å². The van der Waals surface area contributed by atoms with Crippen LogP contribution in [-0.4, -0.2) is 11.7 Å². The van der Waals surface area contributed by atoms with Crippen molar-refractivity contribution in [3.8, 4) is 6.07 Å². The molecule has 0 bridgehead atoms. The highest BCUT2D eigenvalue weighted by molar-refractivity contribution is 4.75. The summed E-state index contributed by atoms with van der Waals surface area (Å²) >= 11 is 0. The lowest BCUT2D eigenvalue weighted by molar-refractivity contribution is 0.218. The fourth-order valence-electron chi connectivity index (χ4n) is 1.25. The monoisotopic (exact) mass is 169 g/mol. The van der Waals surface area contributed by atoms with Gasteiger partial charge >= 0.3 is 0 Å². The van der Waals surface area contributed by atoms with E-state index in [4.69, 9.17) is 10.4 Å². The molecule has 1 unspecified atom stereocenters. The number of nitrogens with zero attached hydrogens (tertiary/aromatic N) is 1. The van der Waals surface area contributed by atoms with E-state index in [9.17, 15) is 0 Å². The van der Waals surface area contributed by atoms with E-state index >= 15 is 0 Å². The van der Waals surface area contributed by atoms with Crippen molar-refractivity contribution in [3.05, 3.63) is 0 Å². The van der Waals surface area contributed by atoms with Crippen LogP contribution in [0.25, 0.3) is 0 Å². The SMILES string of the molecule is CCCCCCC(CO)CC#N. The third-order valence-corrected chi connectivity index (χ3v) is 2.10. The molecule has 1 N–H and O–H groups in total. The van der Waals surface area contributed by atoms with Gasteiger partial charge in [-0.15, -0.1) is 0 Å². The lowest BCUT2D eigenvalue weighted by Gasteiger charge is -2.08. The van der Waals surface area contributed by atoms with Gasteiger partial charge in [0.2, 0.25) is 0 Å². The van der Waals surface area contributed by atoms with Crippen LogP contribution in [0.2, 0.25) is 0 Å². The molecule has 0 aromatic heterocycles. The van der Waals surface area contributed by atoms with Gasteiger partial charge in [-0.05, 0) is 12.3 Å². The molecule has 70 valence electrons. The van der Waals surface area contributed by atoms with E-state index in [-0.39, 0.29) is 12.5 Å². The molecule has 0 radical (unpaired) electrons. The normalized spacial score (nSPS) is 12.4. The molecule has 0 aliphatic rings. The molecule has 0 heterocycles. The fraction of sp³-hybridized carbons (Fsp3) is 0.900. The van der Waals surface area contributed by atoms with Crippen molar-refractivity contribution in [2.75, 3.05) is 6.61 Å². The van der Waals surface area contributed by atoms with Crippen molar-refractivity contribution in [1.82, 2.24) is 0 Å². The van der Waals surface area contributed by atoms with E-state index in [1.54, 1.807) is 0 Å². The van der Waals surface area contributed by atoms with E-state index in [1.165, 1.54) is 19.3 Å². The Bertz CT molecular complexity index is 128. The fourth-order valence-corrected chi connectivity index (χ4v) is 1.25. The Balaban J connectivity index is 3.26. The third-order valence-electron chi connectivity index (χ3n) is 2.10. The van der Waals surface area contributed by atoms with Gasteiger partial charge in [-0.2, -0.15) is 5.26 Å². The first kappa shape index (κ1) is 11.4. The van der Waals surface area contributed by atoms with E-state index < -0.39 is 0 Å². The second kappa shape index (κ2) is 8.55. The van der Waals surface area contributed by atoms with Gasteiger partial charge in [0.05, 0.1) is 6.07 Å². The average Bonchev–Trinajstić information content (AvgIpc) is 2.10. The minimum atomic E-state index is 0.166. The Morgan fingerprint density at radius 3 is 2.58 bits per heavy atom. The molecule has 12 heavy (non-hydrogen) atoms. The van der Waals surface area contributed by atoms with Crippen LogP contribution in [0.15, 0.2) is 0 Å². The average molecular weight is 169 g/mol. The molecule has 0 aromatic rings. The number of unbranched alkanes of at least 4 members (excludes halogenated alkanes) is 3. The lowest BCUT2D eigenvalue weighted by atomic mass is 9.99. The summed E-state index contributed by atoms with van der Waals surface area (Å²) < 4.78 is 0. The molecule has 0 saturated carbocycles. The molecule has 0 rings (SSSR count). The second-order valence-corrected chi connectivity index (χ2v) is 3.26. The van der Waals surface area contributed by atoms with Gasteiger partial charge in [-0.25, -0.2) is 0 Å². The zero-order valence-electron chi connectivity index (χ0n) is 7.92. The van der Waals surface area contributed by atoms with E-state index in [2.05, 4.69) is 13.0 Å². The van der Waals surface area contributed by atoms with Crippen LogP contribution >= 0.6 is 0 Å². The molecule has 2 nitrogen and oxygen atoms in total. The van der Waals surface area contributed by atoms with Crippen LogP contribution in [0, 0.1) is 17.2 Å². The molecule has 0 aromatic carbocycles. The molecule has 0 fully saturated rings. The number of aliphatic hydroxyl groups is 1. The molecule has 0 aliphatic heterocycles.